The van der Waals surface area contributed by atoms with Crippen LogP contribution in [0.5, 0.6) is 11.5 Å². The molecule has 2 amide bonds. The first-order valence-electron chi connectivity index (χ1n) is 9.20. The van der Waals surface area contributed by atoms with E-state index in [1.54, 1.807) is 56.7 Å². The van der Waals surface area contributed by atoms with Gasteiger partial charge < -0.3 is 20.1 Å². The molecule has 30 heavy (non-hydrogen) atoms. The molecule has 0 bridgehead atoms. The molecular weight excluding hydrogens is 400 g/mol. The number of rotatable bonds is 8. The van der Waals surface area contributed by atoms with Crippen LogP contribution in [0.2, 0.25) is 0 Å². The van der Waals surface area contributed by atoms with Crippen LogP contribution in [-0.4, -0.2) is 31.8 Å². The molecular formula is C23H22N2O4S. The van der Waals surface area contributed by atoms with Crippen LogP contribution < -0.4 is 20.1 Å². The first-order chi connectivity index (χ1) is 14.6. The summed E-state index contributed by atoms with van der Waals surface area (Å²) in [6.07, 6.45) is 0. The number of thioether (sulfide) groups is 1. The lowest BCUT2D eigenvalue weighted by molar-refractivity contribution is -0.113. The Morgan fingerprint density at radius 3 is 2.47 bits per heavy atom. The number of anilines is 2. The Balaban J connectivity index is 1.58. The second-order valence-electron chi connectivity index (χ2n) is 6.25. The van der Waals surface area contributed by atoms with Gasteiger partial charge in [0.05, 0.1) is 25.7 Å². The summed E-state index contributed by atoms with van der Waals surface area (Å²) in [5.41, 5.74) is 1.78. The van der Waals surface area contributed by atoms with E-state index in [1.807, 2.05) is 30.3 Å². The molecule has 0 spiro atoms. The summed E-state index contributed by atoms with van der Waals surface area (Å²) >= 11 is 1.38. The molecule has 0 aliphatic rings. The second-order valence-corrected chi connectivity index (χ2v) is 7.30. The van der Waals surface area contributed by atoms with Crippen LogP contribution in [-0.2, 0) is 4.79 Å². The maximum Gasteiger partial charge on any atom is 0.255 e. The molecule has 0 atom stereocenters. The fourth-order valence-electron chi connectivity index (χ4n) is 2.71. The highest BCUT2D eigenvalue weighted by atomic mass is 32.2. The number of nitrogens with one attached hydrogen (secondary N) is 2. The molecule has 3 rings (SSSR count). The van der Waals surface area contributed by atoms with Gasteiger partial charge in [-0.25, -0.2) is 0 Å². The number of ether oxygens (including phenoxy) is 2. The molecule has 0 fully saturated rings. The Morgan fingerprint density at radius 1 is 0.867 bits per heavy atom. The van der Waals surface area contributed by atoms with Crippen molar-refractivity contribution in [3.8, 4) is 11.5 Å². The molecule has 0 heterocycles. The van der Waals surface area contributed by atoms with Gasteiger partial charge in [-0.05, 0) is 48.5 Å². The Bertz CT molecular complexity index is 1040. The standard InChI is InChI=1S/C23H22N2O4S/c1-28-18-9-5-7-16(13-18)23(27)24-17-8-6-10-19(14-17)30-15-22(26)25-20-11-3-4-12-21(20)29-2/h3-14H,15H2,1-2H3,(H,24,27)(H,25,26). The molecule has 0 saturated carbocycles. The van der Waals surface area contributed by atoms with E-state index < -0.39 is 0 Å². The topological polar surface area (TPSA) is 76.7 Å². The monoisotopic (exact) mass is 422 g/mol. The third kappa shape index (κ3) is 5.78. The minimum Gasteiger partial charge on any atom is -0.497 e. The van der Waals surface area contributed by atoms with E-state index in [1.165, 1.54) is 11.8 Å². The summed E-state index contributed by atoms with van der Waals surface area (Å²) in [6, 6.07) is 21.6. The highest BCUT2D eigenvalue weighted by Crippen LogP contribution is 2.25. The number of benzene rings is 3. The fourth-order valence-corrected chi connectivity index (χ4v) is 3.47. The summed E-state index contributed by atoms with van der Waals surface area (Å²) in [6.45, 7) is 0. The molecule has 2 N–H and O–H groups in total. The number of amides is 2. The largest absolute Gasteiger partial charge is 0.497 e. The Hall–Kier alpha value is -3.45. The summed E-state index contributed by atoms with van der Waals surface area (Å²) in [5.74, 6) is 1.08. The molecule has 0 aliphatic carbocycles. The molecule has 0 saturated heterocycles. The van der Waals surface area contributed by atoms with E-state index in [0.29, 0.717) is 28.4 Å². The van der Waals surface area contributed by atoms with Crippen molar-refractivity contribution in [1.82, 2.24) is 0 Å². The summed E-state index contributed by atoms with van der Waals surface area (Å²) < 4.78 is 10.4. The van der Waals surface area contributed by atoms with E-state index in [4.69, 9.17) is 9.47 Å². The molecule has 3 aromatic rings. The smallest absolute Gasteiger partial charge is 0.255 e. The third-order valence-corrected chi connectivity index (χ3v) is 5.17. The number of para-hydroxylation sites is 2. The molecule has 0 unspecified atom stereocenters. The SMILES string of the molecule is COc1cccc(C(=O)Nc2cccc(SCC(=O)Nc3ccccc3OC)c2)c1. The van der Waals surface area contributed by atoms with Gasteiger partial charge in [-0.2, -0.15) is 0 Å². The predicted octanol–water partition coefficient (Wildman–Crippen LogP) is 4.69. The first kappa shape index (κ1) is 21.3. The molecule has 0 aliphatic heterocycles. The summed E-state index contributed by atoms with van der Waals surface area (Å²) in [4.78, 5) is 25.6. The van der Waals surface area contributed by atoms with Gasteiger partial charge in [0.1, 0.15) is 11.5 Å². The number of methoxy groups -OCH3 is 2. The second kappa shape index (κ2) is 10.4. The molecule has 7 heteroatoms. The van der Waals surface area contributed by atoms with Gasteiger partial charge in [0, 0.05) is 16.1 Å². The number of carbonyl (C=O) groups is 2. The number of hydrogen-bond donors (Lipinski definition) is 2. The van der Waals surface area contributed by atoms with Crippen LogP contribution in [0.3, 0.4) is 0 Å². The average Bonchev–Trinajstić information content (AvgIpc) is 2.78. The maximum absolute atomic E-state index is 12.5. The normalized spacial score (nSPS) is 10.2. The van der Waals surface area contributed by atoms with E-state index in [2.05, 4.69) is 10.6 Å². The molecule has 0 radical (unpaired) electrons. The van der Waals surface area contributed by atoms with Crippen LogP contribution in [0, 0.1) is 0 Å². The van der Waals surface area contributed by atoms with Crippen molar-refractivity contribution in [2.45, 2.75) is 4.90 Å². The Labute approximate surface area is 179 Å². The van der Waals surface area contributed by atoms with Gasteiger partial charge in [-0.15, -0.1) is 11.8 Å². The van der Waals surface area contributed by atoms with Crippen LogP contribution in [0.25, 0.3) is 0 Å². The van der Waals surface area contributed by atoms with Crippen molar-refractivity contribution in [2.24, 2.45) is 0 Å². The van der Waals surface area contributed by atoms with Crippen molar-refractivity contribution in [1.29, 1.82) is 0 Å². The summed E-state index contributed by atoms with van der Waals surface area (Å²) in [7, 11) is 3.12. The van der Waals surface area contributed by atoms with Crippen LogP contribution in [0.4, 0.5) is 11.4 Å². The van der Waals surface area contributed by atoms with Crippen molar-refractivity contribution in [3.05, 3.63) is 78.4 Å². The zero-order valence-corrected chi connectivity index (χ0v) is 17.5. The lowest BCUT2D eigenvalue weighted by Gasteiger charge is -2.10. The van der Waals surface area contributed by atoms with Crippen LogP contribution in [0.15, 0.2) is 77.7 Å². The predicted molar refractivity (Wildman–Crippen MR) is 120 cm³/mol. The minimum atomic E-state index is -0.232. The quantitative estimate of drug-likeness (QED) is 0.515. The van der Waals surface area contributed by atoms with Gasteiger partial charge in [0.2, 0.25) is 5.91 Å². The summed E-state index contributed by atoms with van der Waals surface area (Å²) in [5, 5.41) is 5.71. The van der Waals surface area contributed by atoms with E-state index in [9.17, 15) is 9.59 Å². The minimum absolute atomic E-state index is 0.143. The van der Waals surface area contributed by atoms with Gasteiger partial charge in [-0.1, -0.05) is 24.3 Å². The number of carbonyl (C=O) groups excluding carboxylic acids is 2. The fraction of sp³-hybridized carbons (Fsp3) is 0.130. The van der Waals surface area contributed by atoms with Crippen LogP contribution >= 0.6 is 11.8 Å². The molecule has 3 aromatic carbocycles. The van der Waals surface area contributed by atoms with Crippen molar-refractivity contribution >= 4 is 35.0 Å². The Morgan fingerprint density at radius 2 is 1.67 bits per heavy atom. The van der Waals surface area contributed by atoms with E-state index in [-0.39, 0.29) is 17.6 Å². The molecule has 0 aromatic heterocycles. The zero-order valence-electron chi connectivity index (χ0n) is 16.7. The van der Waals surface area contributed by atoms with Gasteiger partial charge in [0.15, 0.2) is 0 Å². The van der Waals surface area contributed by atoms with Gasteiger partial charge in [-0.3, -0.25) is 9.59 Å². The highest BCUT2D eigenvalue weighted by Gasteiger charge is 2.10. The van der Waals surface area contributed by atoms with Gasteiger partial charge >= 0.3 is 0 Å². The van der Waals surface area contributed by atoms with Gasteiger partial charge in [0.25, 0.3) is 5.91 Å². The van der Waals surface area contributed by atoms with Crippen LogP contribution in [0.1, 0.15) is 10.4 Å². The van der Waals surface area contributed by atoms with E-state index in [0.717, 1.165) is 4.90 Å². The number of hydrogen-bond acceptors (Lipinski definition) is 5. The highest BCUT2D eigenvalue weighted by molar-refractivity contribution is 8.00. The molecule has 154 valence electrons. The Kier molecular flexibility index (Phi) is 7.34. The lowest BCUT2D eigenvalue weighted by atomic mass is 10.2. The van der Waals surface area contributed by atoms with Crippen molar-refractivity contribution < 1.29 is 19.1 Å². The maximum atomic E-state index is 12.5. The zero-order chi connectivity index (χ0) is 21.3. The average molecular weight is 423 g/mol. The lowest BCUT2D eigenvalue weighted by Crippen LogP contribution is -2.14. The molecule has 6 nitrogen and oxygen atoms in total. The van der Waals surface area contributed by atoms with E-state index >= 15 is 0 Å². The first-order valence-corrected chi connectivity index (χ1v) is 10.2. The van der Waals surface area contributed by atoms with Crippen molar-refractivity contribution in [3.63, 3.8) is 0 Å². The third-order valence-electron chi connectivity index (χ3n) is 4.17. The van der Waals surface area contributed by atoms with Crippen molar-refractivity contribution in [2.75, 3.05) is 30.6 Å².